The van der Waals surface area contributed by atoms with Crippen LogP contribution in [0.4, 0.5) is 0 Å². The van der Waals surface area contributed by atoms with E-state index in [0.29, 0.717) is 5.82 Å². The fraction of sp³-hybridized carbons (Fsp3) is 0. The van der Waals surface area contributed by atoms with Crippen molar-refractivity contribution in [2.45, 2.75) is 0 Å². The second kappa shape index (κ2) is 9.57. The number of thiophene rings is 2. The summed E-state index contributed by atoms with van der Waals surface area (Å²) >= 11 is 3.64. The van der Waals surface area contributed by atoms with Gasteiger partial charge in [-0.3, -0.25) is 0 Å². The number of para-hydroxylation sites is 1. The van der Waals surface area contributed by atoms with Crippen LogP contribution in [0.1, 0.15) is 0 Å². The molecule has 0 radical (unpaired) electrons. The van der Waals surface area contributed by atoms with Crippen molar-refractivity contribution >= 4 is 85.0 Å². The Hall–Kier alpha value is -5.36. The molecule has 0 unspecified atom stereocenters. The smallest absolute Gasteiger partial charge is 0.160 e. The molecule has 6 aromatic carbocycles. The van der Waals surface area contributed by atoms with Gasteiger partial charge in [-0.05, 0) is 54.6 Å². The van der Waals surface area contributed by atoms with Crippen molar-refractivity contribution < 1.29 is 4.42 Å². The van der Waals surface area contributed by atoms with E-state index >= 15 is 0 Å². The van der Waals surface area contributed by atoms with E-state index in [4.69, 9.17) is 14.4 Å². The number of nitrogens with zero attached hydrogens (tertiary/aromatic N) is 2. The van der Waals surface area contributed by atoms with E-state index in [1.54, 1.807) is 0 Å². The normalized spacial score (nSPS) is 12.0. The lowest BCUT2D eigenvalue weighted by Gasteiger charge is -2.10. The number of fused-ring (bicyclic) bond motifs is 9. The van der Waals surface area contributed by atoms with Gasteiger partial charge >= 0.3 is 0 Å². The molecule has 0 aliphatic heterocycles. The maximum absolute atomic E-state index is 6.26. The van der Waals surface area contributed by atoms with E-state index in [1.165, 1.54) is 40.3 Å². The van der Waals surface area contributed by atoms with Gasteiger partial charge in [0.25, 0.3) is 0 Å². The van der Waals surface area contributed by atoms with Gasteiger partial charge in [0.1, 0.15) is 11.2 Å². The summed E-state index contributed by atoms with van der Waals surface area (Å²) in [6.45, 7) is 0. The Bertz CT molecular complexity index is 2650. The summed E-state index contributed by atoms with van der Waals surface area (Å²) in [4.78, 5) is 10.4. The second-order valence-electron chi connectivity index (χ2n) is 11.4. The highest BCUT2D eigenvalue weighted by Crippen LogP contribution is 2.39. The monoisotopic (exact) mass is 610 g/mol. The van der Waals surface area contributed by atoms with E-state index in [-0.39, 0.29) is 0 Å². The Labute approximate surface area is 265 Å². The standard InChI is InChI=1S/C40H22N2OS2/c1-4-10-34-26(7-1)27-16-13-24(20-35(27)43-34)33-22-32(23-15-18-38-31(19-23)29-9-3-6-12-37(29)44-38)41-40(42-33)25-14-17-30-28-8-2-5-11-36(28)45-39(30)21-25/h1-22H. The number of hydrogen-bond donors (Lipinski definition) is 0. The van der Waals surface area contributed by atoms with E-state index in [0.717, 1.165) is 50.0 Å². The fourth-order valence-electron chi connectivity index (χ4n) is 6.51. The zero-order valence-corrected chi connectivity index (χ0v) is 25.5. The van der Waals surface area contributed by atoms with Crippen molar-refractivity contribution in [3.63, 3.8) is 0 Å². The third-order valence-corrected chi connectivity index (χ3v) is 11.0. The number of furan rings is 1. The molecule has 10 rings (SSSR count). The molecule has 0 N–H and O–H groups in total. The molecule has 0 aliphatic carbocycles. The number of rotatable bonds is 3. The molecule has 0 saturated heterocycles. The zero-order valence-electron chi connectivity index (χ0n) is 23.8. The molecule has 210 valence electrons. The van der Waals surface area contributed by atoms with Crippen molar-refractivity contribution in [2.24, 2.45) is 0 Å². The molecule has 0 spiro atoms. The summed E-state index contributed by atoms with van der Waals surface area (Å²) in [7, 11) is 0. The fourth-order valence-corrected chi connectivity index (χ4v) is 8.74. The first-order valence-electron chi connectivity index (χ1n) is 14.9. The average molecular weight is 611 g/mol. The molecule has 0 bridgehead atoms. The Morgan fingerprint density at radius 1 is 0.378 bits per heavy atom. The maximum atomic E-state index is 6.26. The largest absolute Gasteiger partial charge is 0.456 e. The van der Waals surface area contributed by atoms with Crippen LogP contribution in [0.5, 0.6) is 0 Å². The SMILES string of the molecule is c1ccc2c(c1)oc1cc(-c3cc(-c4ccc5sc6ccccc6c5c4)nc(-c4ccc5c(c4)sc4ccccc45)n3)ccc12. The molecule has 45 heavy (non-hydrogen) atoms. The molecule has 4 aromatic heterocycles. The highest BCUT2D eigenvalue weighted by Gasteiger charge is 2.16. The van der Waals surface area contributed by atoms with Gasteiger partial charge in [0.15, 0.2) is 5.82 Å². The van der Waals surface area contributed by atoms with E-state index in [9.17, 15) is 0 Å². The minimum absolute atomic E-state index is 0.710. The van der Waals surface area contributed by atoms with Gasteiger partial charge in [0.2, 0.25) is 0 Å². The number of hydrogen-bond acceptors (Lipinski definition) is 5. The van der Waals surface area contributed by atoms with Crippen molar-refractivity contribution in [1.29, 1.82) is 0 Å². The Morgan fingerprint density at radius 2 is 0.933 bits per heavy atom. The summed E-state index contributed by atoms with van der Waals surface area (Å²) in [6, 6.07) is 47.2. The molecule has 0 aliphatic rings. The molecule has 10 aromatic rings. The number of aromatic nitrogens is 2. The third-order valence-electron chi connectivity index (χ3n) is 8.71. The van der Waals surface area contributed by atoms with E-state index in [1.807, 2.05) is 34.8 Å². The van der Waals surface area contributed by atoms with Crippen LogP contribution >= 0.6 is 22.7 Å². The first-order valence-corrected chi connectivity index (χ1v) is 16.5. The predicted octanol–water partition coefficient (Wildman–Crippen LogP) is 12.1. The molecule has 0 saturated carbocycles. The van der Waals surface area contributed by atoms with Gasteiger partial charge in [-0.2, -0.15) is 0 Å². The van der Waals surface area contributed by atoms with Crippen LogP contribution in [-0.2, 0) is 0 Å². The van der Waals surface area contributed by atoms with Gasteiger partial charge in [-0.25, -0.2) is 9.97 Å². The average Bonchev–Trinajstić information content (AvgIpc) is 3.78. The summed E-state index contributed by atoms with van der Waals surface area (Å²) in [5.74, 6) is 0.710. The lowest BCUT2D eigenvalue weighted by atomic mass is 10.0. The predicted molar refractivity (Wildman–Crippen MR) is 191 cm³/mol. The Kier molecular flexibility index (Phi) is 5.32. The summed E-state index contributed by atoms with van der Waals surface area (Å²) in [6.07, 6.45) is 0. The molecule has 0 amide bonds. The first kappa shape index (κ1) is 25.0. The number of benzene rings is 6. The van der Waals surface area contributed by atoms with Crippen LogP contribution in [0.25, 0.3) is 96.2 Å². The first-order chi connectivity index (χ1) is 22.2. The van der Waals surface area contributed by atoms with Gasteiger partial charge in [0, 0.05) is 67.8 Å². The molecule has 4 heterocycles. The van der Waals surface area contributed by atoms with Crippen molar-refractivity contribution in [3.05, 3.63) is 133 Å². The van der Waals surface area contributed by atoms with Crippen molar-refractivity contribution in [2.75, 3.05) is 0 Å². The highest BCUT2D eigenvalue weighted by molar-refractivity contribution is 7.26. The molecule has 3 nitrogen and oxygen atoms in total. The van der Waals surface area contributed by atoms with Crippen LogP contribution in [0.15, 0.2) is 138 Å². The lowest BCUT2D eigenvalue weighted by Crippen LogP contribution is -1.96. The Morgan fingerprint density at radius 3 is 1.76 bits per heavy atom. The molecule has 0 fully saturated rings. The van der Waals surface area contributed by atoms with Crippen LogP contribution < -0.4 is 0 Å². The van der Waals surface area contributed by atoms with Gasteiger partial charge < -0.3 is 4.42 Å². The lowest BCUT2D eigenvalue weighted by molar-refractivity contribution is 0.669. The molecular formula is C40H22N2OS2. The summed E-state index contributed by atoms with van der Waals surface area (Å²) < 4.78 is 11.4. The Balaban J connectivity index is 1.19. The van der Waals surface area contributed by atoms with Crippen LogP contribution in [0.2, 0.25) is 0 Å². The van der Waals surface area contributed by atoms with E-state index < -0.39 is 0 Å². The van der Waals surface area contributed by atoms with Crippen LogP contribution in [0, 0.1) is 0 Å². The van der Waals surface area contributed by atoms with Crippen LogP contribution in [0.3, 0.4) is 0 Å². The van der Waals surface area contributed by atoms with Crippen molar-refractivity contribution in [3.8, 4) is 33.9 Å². The second-order valence-corrected chi connectivity index (χ2v) is 13.6. The van der Waals surface area contributed by atoms with Gasteiger partial charge in [0.05, 0.1) is 11.4 Å². The zero-order chi connectivity index (χ0) is 29.5. The maximum Gasteiger partial charge on any atom is 0.160 e. The topological polar surface area (TPSA) is 38.9 Å². The quantitative estimate of drug-likeness (QED) is 0.200. The summed E-state index contributed by atoms with van der Waals surface area (Å²) in [5.41, 5.74) is 6.58. The van der Waals surface area contributed by atoms with Gasteiger partial charge in [-0.1, -0.05) is 78.9 Å². The molecular weight excluding hydrogens is 589 g/mol. The molecule has 5 heteroatoms. The minimum Gasteiger partial charge on any atom is -0.456 e. The van der Waals surface area contributed by atoms with Crippen molar-refractivity contribution in [1.82, 2.24) is 9.97 Å². The molecule has 0 atom stereocenters. The minimum atomic E-state index is 0.710. The third kappa shape index (κ3) is 3.95. The van der Waals surface area contributed by atoms with Gasteiger partial charge in [-0.15, -0.1) is 22.7 Å². The summed E-state index contributed by atoms with van der Waals surface area (Å²) in [5, 5.41) is 7.31. The van der Waals surface area contributed by atoms with E-state index in [2.05, 4.69) is 121 Å². The highest BCUT2D eigenvalue weighted by atomic mass is 32.1. The van der Waals surface area contributed by atoms with Crippen LogP contribution in [-0.4, -0.2) is 9.97 Å².